The quantitative estimate of drug-likeness (QED) is 0.449. The van der Waals surface area contributed by atoms with E-state index in [-0.39, 0.29) is 11.4 Å². The molecule has 1 aliphatic rings. The summed E-state index contributed by atoms with van der Waals surface area (Å²) >= 11 is 0. The minimum absolute atomic E-state index is 0.0268. The molecule has 31 heavy (non-hydrogen) atoms. The van der Waals surface area contributed by atoms with E-state index in [1.165, 1.54) is 23.3 Å². The Labute approximate surface area is 180 Å². The minimum Gasteiger partial charge on any atom is -0.468 e. The highest BCUT2D eigenvalue weighted by molar-refractivity contribution is 5.82. The third-order valence-electron chi connectivity index (χ3n) is 6.06. The van der Waals surface area contributed by atoms with E-state index in [4.69, 9.17) is 4.42 Å². The van der Waals surface area contributed by atoms with Gasteiger partial charge < -0.3 is 8.98 Å². The molecule has 0 spiro atoms. The average molecular weight is 416 g/mol. The van der Waals surface area contributed by atoms with Gasteiger partial charge in [0, 0.05) is 12.1 Å². The number of aryl methyl sites for hydroxylation is 2. The van der Waals surface area contributed by atoms with Gasteiger partial charge in [0.15, 0.2) is 0 Å². The Hall–Kier alpha value is -3.18. The van der Waals surface area contributed by atoms with Crippen molar-refractivity contribution in [3.05, 3.63) is 105 Å². The zero-order valence-electron chi connectivity index (χ0n) is 17.6. The van der Waals surface area contributed by atoms with Crippen molar-refractivity contribution in [3.8, 4) is 0 Å². The number of hydrogen-bond acceptors (Lipinski definition) is 3. The number of pyridine rings is 1. The molecule has 1 aliphatic carbocycles. The summed E-state index contributed by atoms with van der Waals surface area (Å²) in [5, 5.41) is 1.07. The van der Waals surface area contributed by atoms with E-state index in [9.17, 15) is 9.18 Å². The highest BCUT2D eigenvalue weighted by Gasteiger charge is 2.17. The minimum atomic E-state index is -0.287. The molecule has 5 heteroatoms. The molecule has 0 bridgehead atoms. The van der Waals surface area contributed by atoms with Crippen LogP contribution < -0.4 is 5.56 Å². The number of hydrogen-bond donors (Lipinski definition) is 0. The highest BCUT2D eigenvalue weighted by Crippen LogP contribution is 2.28. The van der Waals surface area contributed by atoms with Gasteiger partial charge in [0.2, 0.25) is 0 Å². The number of rotatable bonds is 6. The molecule has 0 N–H and O–H groups in total. The Balaban J connectivity index is 1.58. The fraction of sp³-hybridized carbons (Fsp3) is 0.269. The Bertz CT molecular complexity index is 1290. The van der Waals surface area contributed by atoms with Gasteiger partial charge >= 0.3 is 0 Å². The number of aromatic nitrogens is 1. The van der Waals surface area contributed by atoms with Crippen molar-refractivity contribution in [2.75, 3.05) is 7.05 Å². The molecular formula is C26H25FN2O2. The molecular weight excluding hydrogens is 391 g/mol. The van der Waals surface area contributed by atoms with Crippen molar-refractivity contribution >= 4 is 10.9 Å². The topological polar surface area (TPSA) is 38.4 Å². The smallest absolute Gasteiger partial charge is 0.255 e. The molecule has 2 heterocycles. The first kappa shape index (κ1) is 19.8. The summed E-state index contributed by atoms with van der Waals surface area (Å²) in [6.45, 7) is 1.48. The maximum absolute atomic E-state index is 13.8. The fourth-order valence-corrected chi connectivity index (χ4v) is 4.62. The zero-order valence-corrected chi connectivity index (χ0v) is 17.6. The van der Waals surface area contributed by atoms with Crippen LogP contribution in [0.3, 0.4) is 0 Å². The Morgan fingerprint density at radius 1 is 1.03 bits per heavy atom. The summed E-state index contributed by atoms with van der Waals surface area (Å²) in [6, 6.07) is 16.7. The third kappa shape index (κ3) is 4.06. The summed E-state index contributed by atoms with van der Waals surface area (Å²) in [4.78, 5) is 15.6. The van der Waals surface area contributed by atoms with Gasteiger partial charge in [-0.05, 0) is 90.9 Å². The number of fused-ring (bicyclic) bond motifs is 2. The molecule has 2 aromatic carbocycles. The zero-order chi connectivity index (χ0) is 21.4. The molecule has 0 amide bonds. The van der Waals surface area contributed by atoms with Crippen LogP contribution in [-0.4, -0.2) is 16.5 Å². The van der Waals surface area contributed by atoms with Crippen LogP contribution >= 0.6 is 0 Å². The highest BCUT2D eigenvalue weighted by atomic mass is 19.1. The number of furan rings is 1. The molecule has 0 saturated carbocycles. The molecule has 5 rings (SSSR count). The van der Waals surface area contributed by atoms with E-state index in [1.807, 2.05) is 31.3 Å². The third-order valence-corrected chi connectivity index (χ3v) is 6.06. The number of nitrogens with zero attached hydrogens (tertiary/aromatic N) is 2. The molecule has 2 aromatic heterocycles. The van der Waals surface area contributed by atoms with E-state index in [1.54, 1.807) is 16.9 Å². The summed E-state index contributed by atoms with van der Waals surface area (Å²) in [5.74, 6) is 0.575. The summed E-state index contributed by atoms with van der Waals surface area (Å²) < 4.78 is 21.0. The van der Waals surface area contributed by atoms with Crippen LogP contribution in [-0.2, 0) is 32.5 Å². The van der Waals surface area contributed by atoms with Gasteiger partial charge in [0.25, 0.3) is 5.56 Å². The summed E-state index contributed by atoms with van der Waals surface area (Å²) in [5.41, 5.74) is 5.11. The van der Waals surface area contributed by atoms with Crippen LogP contribution in [0.1, 0.15) is 34.4 Å². The van der Waals surface area contributed by atoms with Crippen LogP contribution in [0.2, 0.25) is 0 Å². The van der Waals surface area contributed by atoms with Crippen LogP contribution in [0.5, 0.6) is 0 Å². The largest absolute Gasteiger partial charge is 0.468 e. The van der Waals surface area contributed by atoms with Gasteiger partial charge in [-0.15, -0.1) is 0 Å². The van der Waals surface area contributed by atoms with E-state index >= 15 is 0 Å². The summed E-state index contributed by atoms with van der Waals surface area (Å²) in [6.07, 6.45) is 4.94. The van der Waals surface area contributed by atoms with Crippen LogP contribution in [0.15, 0.2) is 70.1 Å². The molecule has 0 unspecified atom stereocenters. The molecule has 0 saturated heterocycles. The van der Waals surface area contributed by atoms with Gasteiger partial charge in [-0.25, -0.2) is 4.39 Å². The molecule has 158 valence electrons. The monoisotopic (exact) mass is 416 g/mol. The van der Waals surface area contributed by atoms with E-state index < -0.39 is 0 Å². The predicted octanol–water partition coefficient (Wildman–Crippen LogP) is 4.90. The Morgan fingerprint density at radius 2 is 1.87 bits per heavy atom. The van der Waals surface area contributed by atoms with E-state index in [2.05, 4.69) is 17.0 Å². The van der Waals surface area contributed by atoms with Crippen molar-refractivity contribution in [1.82, 2.24) is 9.47 Å². The normalized spacial score (nSPS) is 13.3. The standard InChI is InChI=1S/C26H25FN2O2/c1-28(17-24-9-4-10-31-24)16-22-13-21-12-19-6-3-7-20(19)14-25(21)29(26(22)30)15-18-5-2-8-23(27)11-18/h2,4-5,8-14H,3,6-7,15-17H2,1H3. The molecule has 4 nitrogen and oxygen atoms in total. The van der Waals surface area contributed by atoms with Gasteiger partial charge in [-0.3, -0.25) is 9.69 Å². The SMILES string of the molecule is CN(Cc1ccco1)Cc1cc2cc3c(cc2n(Cc2cccc(F)c2)c1=O)CCC3. The first-order chi connectivity index (χ1) is 15.1. The van der Waals surface area contributed by atoms with Crippen molar-refractivity contribution in [1.29, 1.82) is 0 Å². The van der Waals surface area contributed by atoms with Crippen LogP contribution in [0.4, 0.5) is 4.39 Å². The maximum atomic E-state index is 13.8. The number of benzene rings is 2. The second-order valence-electron chi connectivity index (χ2n) is 8.48. The Kier molecular flexibility index (Phi) is 5.20. The molecule has 0 atom stereocenters. The second-order valence-corrected chi connectivity index (χ2v) is 8.48. The van der Waals surface area contributed by atoms with Gasteiger partial charge in [-0.1, -0.05) is 12.1 Å². The number of halogens is 1. The van der Waals surface area contributed by atoms with E-state index in [0.29, 0.717) is 19.6 Å². The van der Waals surface area contributed by atoms with Gasteiger partial charge in [-0.2, -0.15) is 0 Å². The van der Waals surface area contributed by atoms with Gasteiger partial charge in [0.05, 0.1) is 24.9 Å². The van der Waals surface area contributed by atoms with Crippen molar-refractivity contribution < 1.29 is 8.81 Å². The van der Waals surface area contributed by atoms with Crippen molar-refractivity contribution in [3.63, 3.8) is 0 Å². The average Bonchev–Trinajstić information content (AvgIpc) is 3.41. The molecule has 0 aliphatic heterocycles. The predicted molar refractivity (Wildman–Crippen MR) is 120 cm³/mol. The lowest BCUT2D eigenvalue weighted by molar-refractivity contribution is 0.286. The first-order valence-corrected chi connectivity index (χ1v) is 10.7. The molecule has 4 aromatic rings. The first-order valence-electron chi connectivity index (χ1n) is 10.7. The molecule has 0 fully saturated rings. The maximum Gasteiger partial charge on any atom is 0.255 e. The lowest BCUT2D eigenvalue weighted by Gasteiger charge is -2.18. The van der Waals surface area contributed by atoms with Gasteiger partial charge in [0.1, 0.15) is 11.6 Å². The van der Waals surface area contributed by atoms with Crippen LogP contribution in [0, 0.1) is 5.82 Å². The summed E-state index contributed by atoms with van der Waals surface area (Å²) in [7, 11) is 1.98. The van der Waals surface area contributed by atoms with Crippen LogP contribution in [0.25, 0.3) is 10.9 Å². The lowest BCUT2D eigenvalue weighted by Crippen LogP contribution is -2.29. The lowest BCUT2D eigenvalue weighted by atomic mass is 10.0. The fourth-order valence-electron chi connectivity index (χ4n) is 4.62. The van der Waals surface area contributed by atoms with Crippen molar-refractivity contribution in [2.24, 2.45) is 0 Å². The van der Waals surface area contributed by atoms with Crippen molar-refractivity contribution in [2.45, 2.75) is 38.9 Å². The molecule has 0 radical (unpaired) electrons. The Morgan fingerprint density at radius 3 is 2.65 bits per heavy atom. The second kappa shape index (κ2) is 8.16. The van der Waals surface area contributed by atoms with E-state index in [0.717, 1.165) is 47.1 Å².